The molecule has 0 fully saturated rings. The monoisotopic (exact) mass is 415 g/mol. The van der Waals surface area contributed by atoms with Crippen LogP contribution in [0.5, 0.6) is 0 Å². The largest absolute Gasteiger partial charge is 0.465 e. The third kappa shape index (κ3) is 3.44. The van der Waals surface area contributed by atoms with Gasteiger partial charge < -0.3 is 10.1 Å². The smallest absolute Gasteiger partial charge is 0.341 e. The summed E-state index contributed by atoms with van der Waals surface area (Å²) in [6, 6.07) is 7.27. The number of hydrogen-bond acceptors (Lipinski definition) is 4. The second kappa shape index (κ2) is 6.57. The predicted molar refractivity (Wildman–Crippen MR) is 92.2 cm³/mol. The molecule has 2 rings (SSSR count). The molecule has 1 heterocycles. The van der Waals surface area contributed by atoms with Gasteiger partial charge in [0.2, 0.25) is 0 Å². The van der Waals surface area contributed by atoms with Crippen molar-refractivity contribution >= 4 is 50.8 Å². The minimum absolute atomic E-state index is 0.236. The lowest BCUT2D eigenvalue weighted by atomic mass is 10.1. The molecule has 6 heteroatoms. The lowest BCUT2D eigenvalue weighted by Crippen LogP contribution is -2.14. The van der Waals surface area contributed by atoms with Gasteiger partial charge in [0, 0.05) is 14.0 Å². The average molecular weight is 415 g/mol. The molecule has 4 nitrogen and oxygen atoms in total. The quantitative estimate of drug-likeness (QED) is 0.609. The molecule has 2 aromatic rings. The van der Waals surface area contributed by atoms with E-state index in [9.17, 15) is 9.59 Å². The highest BCUT2D eigenvalue weighted by Crippen LogP contribution is 2.33. The minimum Gasteiger partial charge on any atom is -0.465 e. The zero-order valence-electron chi connectivity index (χ0n) is 11.8. The molecule has 0 radical (unpaired) electrons. The second-order valence-electron chi connectivity index (χ2n) is 4.44. The molecular weight excluding hydrogens is 401 g/mol. The second-order valence-corrected chi connectivity index (χ2v) is 6.91. The minimum atomic E-state index is -0.435. The van der Waals surface area contributed by atoms with E-state index in [4.69, 9.17) is 4.74 Å². The molecule has 0 aliphatic rings. The highest BCUT2D eigenvalue weighted by atomic mass is 127. The summed E-state index contributed by atoms with van der Waals surface area (Å²) in [6.45, 7) is 3.76. The zero-order valence-corrected chi connectivity index (χ0v) is 14.8. The maximum absolute atomic E-state index is 12.3. The molecule has 0 bridgehead atoms. The topological polar surface area (TPSA) is 55.4 Å². The van der Waals surface area contributed by atoms with Gasteiger partial charge in [-0.25, -0.2) is 4.79 Å². The number of thiophene rings is 1. The Kier molecular flexibility index (Phi) is 5.00. The van der Waals surface area contributed by atoms with E-state index >= 15 is 0 Å². The fourth-order valence-electron chi connectivity index (χ4n) is 1.87. The van der Waals surface area contributed by atoms with Crippen molar-refractivity contribution < 1.29 is 14.3 Å². The molecule has 0 saturated heterocycles. The summed E-state index contributed by atoms with van der Waals surface area (Å²) in [6.07, 6.45) is 0. The van der Waals surface area contributed by atoms with Gasteiger partial charge in [-0.3, -0.25) is 4.79 Å². The average Bonchev–Trinajstić information content (AvgIpc) is 2.73. The summed E-state index contributed by atoms with van der Waals surface area (Å²) < 4.78 is 5.77. The molecule has 21 heavy (non-hydrogen) atoms. The van der Waals surface area contributed by atoms with Crippen molar-refractivity contribution in [3.8, 4) is 0 Å². The van der Waals surface area contributed by atoms with Gasteiger partial charge in [0.25, 0.3) is 5.91 Å². The summed E-state index contributed by atoms with van der Waals surface area (Å²) in [5, 5.41) is 3.33. The van der Waals surface area contributed by atoms with Gasteiger partial charge in [0.1, 0.15) is 5.00 Å². The van der Waals surface area contributed by atoms with Crippen LogP contribution < -0.4 is 5.32 Å². The van der Waals surface area contributed by atoms with Crippen molar-refractivity contribution in [3.05, 3.63) is 49.4 Å². The van der Waals surface area contributed by atoms with Gasteiger partial charge in [-0.1, -0.05) is 6.07 Å². The van der Waals surface area contributed by atoms with Crippen LogP contribution in [0.4, 0.5) is 5.00 Å². The number of anilines is 1. The van der Waals surface area contributed by atoms with Crippen LogP contribution in [0.1, 0.15) is 31.2 Å². The summed E-state index contributed by atoms with van der Waals surface area (Å²) in [4.78, 5) is 25.1. The third-order valence-electron chi connectivity index (χ3n) is 3.09. The number of nitrogens with one attached hydrogen (secondary N) is 1. The number of esters is 1. The van der Waals surface area contributed by atoms with E-state index in [0.29, 0.717) is 16.1 Å². The first-order valence-electron chi connectivity index (χ1n) is 6.19. The van der Waals surface area contributed by atoms with Gasteiger partial charge in [-0.2, -0.15) is 0 Å². The van der Waals surface area contributed by atoms with Crippen LogP contribution >= 0.6 is 33.9 Å². The van der Waals surface area contributed by atoms with Crippen molar-refractivity contribution in [1.29, 1.82) is 0 Å². The van der Waals surface area contributed by atoms with Gasteiger partial charge in [0.15, 0.2) is 0 Å². The van der Waals surface area contributed by atoms with Crippen molar-refractivity contribution in [1.82, 2.24) is 0 Å². The van der Waals surface area contributed by atoms with Crippen molar-refractivity contribution in [2.24, 2.45) is 0 Å². The third-order valence-corrected chi connectivity index (χ3v) is 4.88. The first-order valence-corrected chi connectivity index (χ1v) is 8.08. The van der Waals surface area contributed by atoms with E-state index in [0.717, 1.165) is 14.0 Å². The fraction of sp³-hybridized carbons (Fsp3) is 0.200. The molecular formula is C15H14INO3S. The highest BCUT2D eigenvalue weighted by Gasteiger charge is 2.21. The Morgan fingerprint density at radius 2 is 2.00 bits per heavy atom. The molecule has 1 aromatic carbocycles. The van der Waals surface area contributed by atoms with Crippen molar-refractivity contribution in [2.75, 3.05) is 12.4 Å². The Morgan fingerprint density at radius 3 is 2.62 bits per heavy atom. The maximum Gasteiger partial charge on any atom is 0.341 e. The standard InChI is InChI=1S/C15H14INO3S/c1-8-9(2)21-14(12(8)15(19)20-3)17-13(18)10-5-4-6-11(16)7-10/h4-7H,1-3H3,(H,17,18). The number of hydrogen-bond donors (Lipinski definition) is 1. The van der Waals surface area contributed by atoms with Gasteiger partial charge in [-0.15, -0.1) is 11.3 Å². The number of halogens is 1. The number of amides is 1. The van der Waals surface area contributed by atoms with Crippen LogP contribution in [0.2, 0.25) is 0 Å². The summed E-state index contributed by atoms with van der Waals surface area (Å²) >= 11 is 3.53. The summed E-state index contributed by atoms with van der Waals surface area (Å²) in [5.74, 6) is -0.672. The molecule has 0 spiro atoms. The Balaban J connectivity index is 2.34. The summed E-state index contributed by atoms with van der Waals surface area (Å²) in [7, 11) is 1.33. The fourth-order valence-corrected chi connectivity index (χ4v) is 3.45. The molecule has 0 saturated carbocycles. The first-order chi connectivity index (χ1) is 9.93. The van der Waals surface area contributed by atoms with Crippen LogP contribution in [0.3, 0.4) is 0 Å². The number of ether oxygens (including phenoxy) is 1. The molecule has 0 atom stereocenters. The van der Waals surface area contributed by atoms with E-state index in [1.807, 2.05) is 26.0 Å². The molecule has 1 aromatic heterocycles. The van der Waals surface area contributed by atoms with E-state index < -0.39 is 5.97 Å². The Hall–Kier alpha value is -1.41. The lowest BCUT2D eigenvalue weighted by Gasteiger charge is -2.06. The molecule has 0 aliphatic heterocycles. The van der Waals surface area contributed by atoms with Crippen LogP contribution in [0.25, 0.3) is 0 Å². The Labute approximate surface area is 140 Å². The van der Waals surface area contributed by atoms with Crippen LogP contribution in [0.15, 0.2) is 24.3 Å². The number of carbonyl (C=O) groups excluding carboxylic acids is 2. The van der Waals surface area contributed by atoms with Crippen LogP contribution in [-0.4, -0.2) is 19.0 Å². The number of benzene rings is 1. The molecule has 0 aliphatic carbocycles. The number of carbonyl (C=O) groups is 2. The lowest BCUT2D eigenvalue weighted by molar-refractivity contribution is 0.0601. The molecule has 1 amide bonds. The molecule has 110 valence electrons. The van der Waals surface area contributed by atoms with Crippen molar-refractivity contribution in [3.63, 3.8) is 0 Å². The first kappa shape index (κ1) is 16.0. The van der Waals surface area contributed by atoms with E-state index in [2.05, 4.69) is 27.9 Å². The van der Waals surface area contributed by atoms with Crippen molar-refractivity contribution in [2.45, 2.75) is 13.8 Å². The van der Waals surface area contributed by atoms with Crippen LogP contribution in [-0.2, 0) is 4.74 Å². The normalized spacial score (nSPS) is 10.3. The van der Waals surface area contributed by atoms with Crippen LogP contribution in [0, 0.1) is 17.4 Å². The van der Waals surface area contributed by atoms with Gasteiger partial charge >= 0.3 is 5.97 Å². The molecule has 0 unspecified atom stereocenters. The predicted octanol–water partition coefficient (Wildman–Crippen LogP) is 4.01. The maximum atomic E-state index is 12.3. The molecule has 1 N–H and O–H groups in total. The van der Waals surface area contributed by atoms with E-state index in [1.54, 1.807) is 12.1 Å². The Morgan fingerprint density at radius 1 is 1.29 bits per heavy atom. The van der Waals surface area contributed by atoms with Gasteiger partial charge in [0.05, 0.1) is 12.7 Å². The van der Waals surface area contributed by atoms with E-state index in [-0.39, 0.29) is 5.91 Å². The zero-order chi connectivity index (χ0) is 15.6. The Bertz CT molecular complexity index is 709. The number of aryl methyl sites for hydroxylation is 1. The number of rotatable bonds is 3. The SMILES string of the molecule is COC(=O)c1c(NC(=O)c2cccc(I)c2)sc(C)c1C. The highest BCUT2D eigenvalue weighted by molar-refractivity contribution is 14.1. The summed E-state index contributed by atoms with van der Waals surface area (Å²) in [5.41, 5.74) is 1.82. The number of methoxy groups -OCH3 is 1. The van der Waals surface area contributed by atoms with Gasteiger partial charge in [-0.05, 0) is 60.2 Å². The van der Waals surface area contributed by atoms with E-state index in [1.165, 1.54) is 18.4 Å².